The van der Waals surface area contributed by atoms with E-state index in [1.807, 2.05) is 4.68 Å². The molecule has 1 atom stereocenters. The molecule has 0 saturated heterocycles. The van der Waals surface area contributed by atoms with Crippen LogP contribution in [0, 0.1) is 0 Å². The van der Waals surface area contributed by atoms with Gasteiger partial charge in [0.25, 0.3) is 5.56 Å². The minimum atomic E-state index is -0.231. The summed E-state index contributed by atoms with van der Waals surface area (Å²) < 4.78 is 1.86. The Morgan fingerprint density at radius 2 is 1.83 bits per heavy atom. The third-order valence-electron chi connectivity index (χ3n) is 4.75. The van der Waals surface area contributed by atoms with Gasteiger partial charge in [0.15, 0.2) is 0 Å². The lowest BCUT2D eigenvalue weighted by atomic mass is 10.1. The molecule has 1 aromatic heterocycles. The van der Waals surface area contributed by atoms with E-state index >= 15 is 0 Å². The van der Waals surface area contributed by atoms with Gasteiger partial charge in [-0.3, -0.25) is 19.4 Å². The lowest BCUT2D eigenvalue weighted by Gasteiger charge is -2.16. The van der Waals surface area contributed by atoms with Crippen molar-refractivity contribution >= 4 is 23.5 Å². The van der Waals surface area contributed by atoms with Gasteiger partial charge in [-0.05, 0) is 30.5 Å². The summed E-state index contributed by atoms with van der Waals surface area (Å²) in [5.41, 5.74) is 1.36. The Labute approximate surface area is 143 Å². The number of nitrogens with one attached hydrogen (secondary N) is 2. The largest absolute Gasteiger partial charge is 0.508 e. The second-order valence-corrected chi connectivity index (χ2v) is 7.44. The highest BCUT2D eigenvalue weighted by molar-refractivity contribution is 8.00. The molecular formula is C17H19N3O3S. The fourth-order valence-electron chi connectivity index (χ4n) is 3.59. The summed E-state index contributed by atoms with van der Waals surface area (Å²) in [6.07, 6.45) is 4.32. The lowest BCUT2D eigenvalue weighted by molar-refractivity contribution is -0.113. The molecule has 1 unspecified atom stereocenters. The van der Waals surface area contributed by atoms with Crippen molar-refractivity contribution in [3.05, 3.63) is 45.7 Å². The van der Waals surface area contributed by atoms with Crippen molar-refractivity contribution in [2.45, 2.75) is 37.0 Å². The van der Waals surface area contributed by atoms with Crippen LogP contribution in [0.25, 0.3) is 0 Å². The Hall–Kier alpha value is -2.15. The molecule has 1 saturated carbocycles. The number of H-pyrrole nitrogens is 1. The molecule has 1 amide bonds. The fourth-order valence-corrected chi connectivity index (χ4v) is 4.72. The smallest absolute Gasteiger partial charge is 0.270 e. The molecule has 4 rings (SSSR count). The minimum absolute atomic E-state index is 0.0896. The van der Waals surface area contributed by atoms with Crippen molar-refractivity contribution in [3.63, 3.8) is 0 Å². The quantitative estimate of drug-likeness (QED) is 0.781. The highest BCUT2D eigenvalue weighted by Crippen LogP contribution is 2.42. The van der Waals surface area contributed by atoms with E-state index in [4.69, 9.17) is 0 Å². The van der Waals surface area contributed by atoms with Gasteiger partial charge in [-0.2, -0.15) is 0 Å². The van der Waals surface area contributed by atoms with E-state index in [0.717, 1.165) is 31.2 Å². The van der Waals surface area contributed by atoms with Gasteiger partial charge in [-0.25, -0.2) is 0 Å². The second kappa shape index (κ2) is 6.05. The van der Waals surface area contributed by atoms with E-state index in [1.54, 1.807) is 24.3 Å². The normalized spacial score (nSPS) is 21.3. The van der Waals surface area contributed by atoms with E-state index in [0.29, 0.717) is 17.1 Å². The number of hydrogen-bond acceptors (Lipinski definition) is 4. The summed E-state index contributed by atoms with van der Waals surface area (Å²) >= 11 is 1.44. The number of aromatic nitrogens is 2. The lowest BCUT2D eigenvalue weighted by Crippen LogP contribution is -2.18. The maximum absolute atomic E-state index is 12.7. The number of carbonyl (C=O) groups is 1. The summed E-state index contributed by atoms with van der Waals surface area (Å²) in [7, 11) is 0. The number of phenolic OH excluding ortho intramolecular Hbond substituents is 1. The van der Waals surface area contributed by atoms with E-state index in [2.05, 4.69) is 10.4 Å². The number of aromatic amines is 1. The summed E-state index contributed by atoms with van der Waals surface area (Å²) in [5, 5.41) is 15.1. The van der Waals surface area contributed by atoms with Gasteiger partial charge in [0, 0.05) is 0 Å². The monoisotopic (exact) mass is 345 g/mol. The number of anilines is 1. The van der Waals surface area contributed by atoms with Crippen LogP contribution in [0.5, 0.6) is 5.75 Å². The molecule has 7 heteroatoms. The molecule has 126 valence electrons. The summed E-state index contributed by atoms with van der Waals surface area (Å²) in [6, 6.07) is 7.07. The predicted molar refractivity (Wildman–Crippen MR) is 93.6 cm³/mol. The van der Waals surface area contributed by atoms with Gasteiger partial charge in [0.05, 0.1) is 22.6 Å². The molecule has 0 radical (unpaired) electrons. The van der Waals surface area contributed by atoms with Crippen LogP contribution in [-0.2, 0) is 4.79 Å². The van der Waals surface area contributed by atoms with Gasteiger partial charge in [-0.1, -0.05) is 25.0 Å². The number of aromatic hydroxyl groups is 1. The van der Waals surface area contributed by atoms with Gasteiger partial charge in [0.1, 0.15) is 11.6 Å². The number of phenols is 1. The van der Waals surface area contributed by atoms with Gasteiger partial charge < -0.3 is 10.4 Å². The third kappa shape index (κ3) is 2.62. The van der Waals surface area contributed by atoms with Crippen molar-refractivity contribution in [3.8, 4) is 5.75 Å². The first-order valence-electron chi connectivity index (χ1n) is 8.18. The average Bonchev–Trinajstić information content (AvgIpc) is 3.15. The summed E-state index contributed by atoms with van der Waals surface area (Å²) in [4.78, 5) is 24.8. The Balaban J connectivity index is 1.83. The maximum atomic E-state index is 12.7. The number of benzene rings is 1. The third-order valence-corrected chi connectivity index (χ3v) is 6.02. The Morgan fingerprint density at radius 3 is 2.54 bits per heavy atom. The molecule has 6 nitrogen and oxygen atoms in total. The molecule has 0 spiro atoms. The highest BCUT2D eigenvalue weighted by Gasteiger charge is 2.32. The average molecular weight is 345 g/mol. The topological polar surface area (TPSA) is 87.1 Å². The van der Waals surface area contributed by atoms with Crippen LogP contribution in [0.15, 0.2) is 29.1 Å². The number of amides is 1. The SMILES string of the molecule is O=C1CSC(c2ccc(O)cc2)c2c(n(C3CCCC3)[nH]c2=O)N1. The second-order valence-electron chi connectivity index (χ2n) is 6.34. The molecule has 1 aromatic carbocycles. The number of thioether (sulfide) groups is 1. The van der Waals surface area contributed by atoms with E-state index < -0.39 is 0 Å². The van der Waals surface area contributed by atoms with Crippen molar-refractivity contribution in [2.75, 3.05) is 11.1 Å². The zero-order chi connectivity index (χ0) is 16.7. The van der Waals surface area contributed by atoms with E-state index in [9.17, 15) is 14.7 Å². The Kier molecular flexibility index (Phi) is 3.88. The molecule has 1 aliphatic carbocycles. The molecule has 2 heterocycles. The van der Waals surface area contributed by atoms with Crippen molar-refractivity contribution < 1.29 is 9.90 Å². The maximum Gasteiger partial charge on any atom is 0.270 e. The van der Waals surface area contributed by atoms with Crippen LogP contribution in [-0.4, -0.2) is 26.5 Å². The van der Waals surface area contributed by atoms with E-state index in [-0.39, 0.29) is 28.5 Å². The van der Waals surface area contributed by atoms with Gasteiger partial charge >= 0.3 is 0 Å². The number of hydrogen-bond donors (Lipinski definition) is 3. The van der Waals surface area contributed by atoms with Crippen LogP contribution >= 0.6 is 11.8 Å². The number of nitrogens with zero attached hydrogens (tertiary/aromatic N) is 1. The molecule has 2 aromatic rings. The van der Waals surface area contributed by atoms with Crippen LogP contribution in [0.3, 0.4) is 0 Å². The first kappa shape index (κ1) is 15.4. The minimum Gasteiger partial charge on any atom is -0.508 e. The van der Waals surface area contributed by atoms with Crippen molar-refractivity contribution in [1.29, 1.82) is 0 Å². The van der Waals surface area contributed by atoms with Gasteiger partial charge in [-0.15, -0.1) is 11.8 Å². The van der Waals surface area contributed by atoms with Crippen molar-refractivity contribution in [2.24, 2.45) is 0 Å². The zero-order valence-electron chi connectivity index (χ0n) is 13.1. The molecule has 2 aliphatic rings. The van der Waals surface area contributed by atoms with Crippen molar-refractivity contribution in [1.82, 2.24) is 9.78 Å². The van der Waals surface area contributed by atoms with Crippen LogP contribution in [0.1, 0.15) is 48.1 Å². The highest BCUT2D eigenvalue weighted by atomic mass is 32.2. The Bertz CT molecular complexity index is 819. The first-order valence-corrected chi connectivity index (χ1v) is 9.23. The van der Waals surface area contributed by atoms with Gasteiger partial charge in [0.2, 0.25) is 5.91 Å². The predicted octanol–water partition coefficient (Wildman–Crippen LogP) is 2.77. The summed E-state index contributed by atoms with van der Waals surface area (Å²) in [6.45, 7) is 0. The molecule has 24 heavy (non-hydrogen) atoms. The molecule has 3 N–H and O–H groups in total. The number of rotatable bonds is 2. The fraction of sp³-hybridized carbons (Fsp3) is 0.412. The molecule has 0 bridgehead atoms. The number of fused-ring (bicyclic) bond motifs is 1. The van der Waals surface area contributed by atoms with Crippen LogP contribution in [0.4, 0.5) is 5.82 Å². The summed E-state index contributed by atoms with van der Waals surface area (Å²) in [5.74, 6) is 1.00. The zero-order valence-corrected chi connectivity index (χ0v) is 13.9. The molecule has 1 fully saturated rings. The molecule has 1 aliphatic heterocycles. The van der Waals surface area contributed by atoms with E-state index in [1.165, 1.54) is 11.8 Å². The number of carbonyl (C=O) groups excluding carboxylic acids is 1. The first-order chi connectivity index (χ1) is 11.6. The Morgan fingerprint density at radius 1 is 1.12 bits per heavy atom. The van der Waals surface area contributed by atoms with Crippen LogP contribution < -0.4 is 10.9 Å². The molecular weight excluding hydrogens is 326 g/mol. The van der Waals surface area contributed by atoms with Crippen LogP contribution in [0.2, 0.25) is 0 Å². The standard InChI is InChI=1S/C17H19N3O3S/c21-12-7-5-10(6-8-12)15-14-16(18-13(22)9-24-15)20(19-17(14)23)11-3-1-2-4-11/h5-8,11,15,21H,1-4,9H2,(H,18,22)(H,19,23).